The molecule has 4 heterocycles. The Balaban J connectivity index is 1.24. The normalized spacial score (nSPS) is 25.8. The number of nitrogens with zero attached hydrogens (tertiary/aromatic N) is 2. The van der Waals surface area contributed by atoms with Gasteiger partial charge in [0.25, 0.3) is 0 Å². The van der Waals surface area contributed by atoms with E-state index in [4.69, 9.17) is 13.9 Å². The van der Waals surface area contributed by atoms with Crippen LogP contribution in [0, 0.1) is 5.82 Å². The molecule has 0 aliphatic carbocycles. The van der Waals surface area contributed by atoms with Gasteiger partial charge in [0.05, 0.1) is 43.8 Å². The van der Waals surface area contributed by atoms with Gasteiger partial charge in [-0.15, -0.1) is 0 Å². The van der Waals surface area contributed by atoms with Gasteiger partial charge in [-0.25, -0.2) is 14.4 Å². The van der Waals surface area contributed by atoms with Crippen molar-refractivity contribution in [2.45, 2.75) is 30.8 Å². The highest BCUT2D eigenvalue weighted by molar-refractivity contribution is 5.60. The standard InChI is InChI=1S/C21H21FN4O3/c22-14-4-1-3-13(9-14)16-6-7-23-21(25-16)26-18-12-29-19-17(11-28-20(18)19)24-10-15-5-2-8-27-15/h1-9,17-20,24H,10-12H2,(H,23,25,26)/t17-,18-,19+,20+/m0/s1. The van der Waals surface area contributed by atoms with E-state index >= 15 is 0 Å². The van der Waals surface area contributed by atoms with Crippen LogP contribution in [-0.4, -0.2) is 47.5 Å². The van der Waals surface area contributed by atoms with Gasteiger partial charge in [0.2, 0.25) is 5.95 Å². The first-order valence-electron chi connectivity index (χ1n) is 9.61. The first-order chi connectivity index (χ1) is 14.3. The molecule has 2 aliphatic heterocycles. The minimum atomic E-state index is -0.296. The Labute approximate surface area is 167 Å². The van der Waals surface area contributed by atoms with E-state index in [1.54, 1.807) is 24.6 Å². The van der Waals surface area contributed by atoms with E-state index in [9.17, 15) is 4.39 Å². The number of fused-ring (bicyclic) bond motifs is 1. The van der Waals surface area contributed by atoms with Crippen LogP contribution in [0.25, 0.3) is 11.3 Å². The van der Waals surface area contributed by atoms with Crippen molar-refractivity contribution in [1.29, 1.82) is 0 Å². The summed E-state index contributed by atoms with van der Waals surface area (Å²) in [7, 11) is 0. The quantitative estimate of drug-likeness (QED) is 0.663. The molecular weight excluding hydrogens is 375 g/mol. The molecule has 1 aromatic carbocycles. The summed E-state index contributed by atoms with van der Waals surface area (Å²) in [5.74, 6) is 1.05. The summed E-state index contributed by atoms with van der Waals surface area (Å²) in [5, 5.41) is 6.75. The molecule has 0 spiro atoms. The second-order valence-corrected chi connectivity index (χ2v) is 7.19. The molecule has 0 bridgehead atoms. The van der Waals surface area contributed by atoms with Gasteiger partial charge in [-0.2, -0.15) is 0 Å². The number of rotatable bonds is 6. The van der Waals surface area contributed by atoms with Crippen LogP contribution in [0.3, 0.4) is 0 Å². The highest BCUT2D eigenvalue weighted by atomic mass is 19.1. The number of furan rings is 1. The third kappa shape index (κ3) is 3.87. The molecule has 3 aromatic rings. The lowest BCUT2D eigenvalue weighted by Crippen LogP contribution is -2.41. The number of nitrogens with one attached hydrogen (secondary N) is 2. The summed E-state index contributed by atoms with van der Waals surface area (Å²) in [6.45, 7) is 1.70. The van der Waals surface area contributed by atoms with E-state index in [2.05, 4.69) is 20.6 Å². The Kier molecular flexibility index (Phi) is 4.97. The van der Waals surface area contributed by atoms with Crippen molar-refractivity contribution >= 4 is 5.95 Å². The van der Waals surface area contributed by atoms with Crippen LogP contribution >= 0.6 is 0 Å². The molecule has 2 aromatic heterocycles. The Morgan fingerprint density at radius 2 is 1.90 bits per heavy atom. The van der Waals surface area contributed by atoms with Gasteiger partial charge < -0.3 is 24.5 Å². The second kappa shape index (κ2) is 7.90. The lowest BCUT2D eigenvalue weighted by atomic mass is 10.1. The van der Waals surface area contributed by atoms with E-state index < -0.39 is 0 Å². The summed E-state index contributed by atoms with van der Waals surface area (Å²) >= 11 is 0. The zero-order valence-corrected chi connectivity index (χ0v) is 15.6. The minimum absolute atomic E-state index is 0.0473. The van der Waals surface area contributed by atoms with Gasteiger partial charge in [-0.05, 0) is 30.3 Å². The second-order valence-electron chi connectivity index (χ2n) is 7.19. The molecule has 2 saturated heterocycles. The maximum atomic E-state index is 13.5. The summed E-state index contributed by atoms with van der Waals surface area (Å²) < 4.78 is 30.9. The van der Waals surface area contributed by atoms with Crippen molar-refractivity contribution in [3.63, 3.8) is 0 Å². The van der Waals surface area contributed by atoms with Crippen LogP contribution < -0.4 is 10.6 Å². The molecule has 29 heavy (non-hydrogen) atoms. The smallest absolute Gasteiger partial charge is 0.223 e. The predicted octanol–water partition coefficient (Wildman–Crippen LogP) is 2.61. The van der Waals surface area contributed by atoms with Gasteiger partial charge in [-0.3, -0.25) is 0 Å². The van der Waals surface area contributed by atoms with Crippen molar-refractivity contribution in [3.8, 4) is 11.3 Å². The van der Waals surface area contributed by atoms with E-state index in [1.165, 1.54) is 12.1 Å². The maximum absolute atomic E-state index is 13.5. The highest BCUT2D eigenvalue weighted by Gasteiger charge is 2.47. The molecule has 7 nitrogen and oxygen atoms in total. The number of hydrogen-bond acceptors (Lipinski definition) is 7. The van der Waals surface area contributed by atoms with Gasteiger partial charge >= 0.3 is 0 Å². The average Bonchev–Trinajstić information content (AvgIpc) is 3.46. The fourth-order valence-corrected chi connectivity index (χ4v) is 3.85. The summed E-state index contributed by atoms with van der Waals surface area (Å²) in [5.41, 5.74) is 1.36. The fourth-order valence-electron chi connectivity index (χ4n) is 3.85. The molecule has 150 valence electrons. The first kappa shape index (κ1) is 18.2. The third-order valence-corrected chi connectivity index (χ3v) is 5.26. The largest absolute Gasteiger partial charge is 0.468 e. The van der Waals surface area contributed by atoms with Crippen LogP contribution in [0.5, 0.6) is 0 Å². The molecule has 0 saturated carbocycles. The number of halogens is 1. The summed E-state index contributed by atoms with van der Waals surface area (Å²) in [6.07, 6.45) is 3.18. The number of benzene rings is 1. The lowest BCUT2D eigenvalue weighted by molar-refractivity contribution is 0.0673. The summed E-state index contributed by atoms with van der Waals surface area (Å²) in [6, 6.07) is 11.9. The molecule has 2 N–H and O–H groups in total. The van der Waals surface area contributed by atoms with E-state index in [0.717, 1.165) is 5.76 Å². The van der Waals surface area contributed by atoms with Gasteiger partial charge in [0.15, 0.2) is 0 Å². The molecule has 5 rings (SSSR count). The van der Waals surface area contributed by atoms with Crippen LogP contribution in [0.2, 0.25) is 0 Å². The molecule has 2 aliphatic rings. The van der Waals surface area contributed by atoms with E-state index in [-0.39, 0.29) is 30.1 Å². The van der Waals surface area contributed by atoms with E-state index in [0.29, 0.717) is 37.0 Å². The molecule has 0 radical (unpaired) electrons. The Morgan fingerprint density at radius 3 is 2.72 bits per heavy atom. The SMILES string of the molecule is Fc1cccc(-c2ccnc(N[C@H]3CO[C@H]4[C@@H]3OC[C@@H]4NCc3ccco3)n2)c1. The fraction of sp³-hybridized carbons (Fsp3) is 0.333. The number of ether oxygens (including phenoxy) is 2. The molecule has 8 heteroatoms. The van der Waals surface area contributed by atoms with E-state index in [1.807, 2.05) is 18.2 Å². The monoisotopic (exact) mass is 396 g/mol. The first-order valence-corrected chi connectivity index (χ1v) is 9.61. The Morgan fingerprint density at radius 1 is 1.03 bits per heavy atom. The van der Waals surface area contributed by atoms with Crippen LogP contribution in [0.1, 0.15) is 5.76 Å². The molecule has 0 unspecified atom stereocenters. The zero-order chi connectivity index (χ0) is 19.6. The van der Waals surface area contributed by atoms with Crippen molar-refractivity contribution < 1.29 is 18.3 Å². The highest BCUT2D eigenvalue weighted by Crippen LogP contribution is 2.29. The van der Waals surface area contributed by atoms with Crippen molar-refractivity contribution in [3.05, 3.63) is 66.5 Å². The third-order valence-electron chi connectivity index (χ3n) is 5.26. The van der Waals surface area contributed by atoms with Crippen molar-refractivity contribution in [1.82, 2.24) is 15.3 Å². The molecule has 0 amide bonds. The van der Waals surface area contributed by atoms with Crippen LogP contribution in [0.15, 0.2) is 59.3 Å². The molecular formula is C21H21FN4O3. The lowest BCUT2D eigenvalue weighted by Gasteiger charge is -2.18. The average molecular weight is 396 g/mol. The van der Waals surface area contributed by atoms with Gasteiger partial charge in [-0.1, -0.05) is 12.1 Å². The zero-order valence-electron chi connectivity index (χ0n) is 15.6. The van der Waals surface area contributed by atoms with Gasteiger partial charge in [0, 0.05) is 11.8 Å². The predicted molar refractivity (Wildman–Crippen MR) is 104 cm³/mol. The Hall–Kier alpha value is -2.81. The van der Waals surface area contributed by atoms with Crippen molar-refractivity contribution in [2.75, 3.05) is 18.5 Å². The number of hydrogen-bond donors (Lipinski definition) is 2. The number of aromatic nitrogens is 2. The van der Waals surface area contributed by atoms with Crippen LogP contribution in [-0.2, 0) is 16.0 Å². The number of anilines is 1. The Bertz CT molecular complexity index is 968. The van der Waals surface area contributed by atoms with Crippen molar-refractivity contribution in [2.24, 2.45) is 0 Å². The molecule has 2 fully saturated rings. The maximum Gasteiger partial charge on any atom is 0.223 e. The minimum Gasteiger partial charge on any atom is -0.468 e. The van der Waals surface area contributed by atoms with Crippen LogP contribution in [0.4, 0.5) is 10.3 Å². The molecule has 4 atom stereocenters. The topological polar surface area (TPSA) is 81.4 Å². The summed E-state index contributed by atoms with van der Waals surface area (Å²) in [4.78, 5) is 8.82. The van der Waals surface area contributed by atoms with Gasteiger partial charge in [0.1, 0.15) is 23.8 Å².